The minimum absolute atomic E-state index is 0.209. The number of hydrogen-bond acceptors (Lipinski definition) is 5. The lowest BCUT2D eigenvalue weighted by molar-refractivity contribution is 0.123. The van der Waals surface area contributed by atoms with Crippen LogP contribution < -0.4 is 15.5 Å². The van der Waals surface area contributed by atoms with Crippen LogP contribution in [-0.2, 0) is 11.8 Å². The molecule has 8 nitrogen and oxygen atoms in total. The van der Waals surface area contributed by atoms with Gasteiger partial charge in [0, 0.05) is 37.9 Å². The van der Waals surface area contributed by atoms with E-state index in [0.29, 0.717) is 19.8 Å². The zero-order valence-electron chi connectivity index (χ0n) is 16.1. The Hall–Kier alpha value is -3.13. The van der Waals surface area contributed by atoms with Gasteiger partial charge in [-0.1, -0.05) is 12.1 Å². The molecule has 3 aromatic rings. The molecular weight excluding hydrogens is 356 g/mol. The summed E-state index contributed by atoms with van der Waals surface area (Å²) in [5, 5.41) is 5.53. The number of pyridine rings is 1. The Bertz CT molecular complexity index is 976. The van der Waals surface area contributed by atoms with Gasteiger partial charge >= 0.3 is 6.03 Å². The molecular formula is C20H24N6O2. The normalized spacial score (nSPS) is 14.3. The molecule has 146 valence electrons. The monoisotopic (exact) mass is 380 g/mol. The number of amides is 2. The van der Waals surface area contributed by atoms with Crippen molar-refractivity contribution in [1.82, 2.24) is 19.9 Å². The van der Waals surface area contributed by atoms with Gasteiger partial charge in [-0.3, -0.25) is 0 Å². The lowest BCUT2D eigenvalue weighted by Crippen LogP contribution is -2.36. The van der Waals surface area contributed by atoms with Crippen molar-refractivity contribution >= 4 is 28.6 Å². The smallest absolute Gasteiger partial charge is 0.319 e. The van der Waals surface area contributed by atoms with Crippen molar-refractivity contribution in [2.75, 3.05) is 43.1 Å². The highest BCUT2D eigenvalue weighted by atomic mass is 16.5. The van der Waals surface area contributed by atoms with E-state index in [-0.39, 0.29) is 6.03 Å². The van der Waals surface area contributed by atoms with E-state index >= 15 is 0 Å². The summed E-state index contributed by atoms with van der Waals surface area (Å²) in [5.74, 6) is 0. The van der Waals surface area contributed by atoms with Crippen molar-refractivity contribution in [2.45, 2.75) is 6.92 Å². The van der Waals surface area contributed by atoms with E-state index in [2.05, 4.69) is 26.6 Å². The van der Waals surface area contributed by atoms with Gasteiger partial charge < -0.3 is 24.8 Å². The summed E-state index contributed by atoms with van der Waals surface area (Å²) >= 11 is 0. The predicted octanol–water partition coefficient (Wildman–Crippen LogP) is 2.61. The molecule has 1 fully saturated rings. The molecule has 0 radical (unpaired) electrons. The fourth-order valence-electron chi connectivity index (χ4n) is 3.33. The Kier molecular flexibility index (Phi) is 5.12. The number of nitrogens with one attached hydrogen (secondary N) is 2. The molecule has 0 unspecified atom stereocenters. The summed E-state index contributed by atoms with van der Waals surface area (Å²) in [6.07, 6.45) is 1.80. The number of aryl methyl sites for hydroxylation is 1. The molecule has 3 heterocycles. The SMILES string of the molecule is CCNC(=O)Nc1ccc(-c2cc(N3CCOCC3)c3ncn(C)c3n2)cc1. The zero-order chi connectivity index (χ0) is 19.5. The van der Waals surface area contributed by atoms with Crippen LogP contribution >= 0.6 is 0 Å². The number of benzene rings is 1. The minimum atomic E-state index is -0.209. The number of urea groups is 1. The molecule has 0 aliphatic carbocycles. The molecule has 0 spiro atoms. The van der Waals surface area contributed by atoms with E-state index in [1.807, 2.05) is 42.8 Å². The van der Waals surface area contributed by atoms with Crippen molar-refractivity contribution in [3.8, 4) is 11.3 Å². The van der Waals surface area contributed by atoms with Crippen LogP contribution in [0.1, 0.15) is 6.92 Å². The highest BCUT2D eigenvalue weighted by molar-refractivity contribution is 5.91. The molecule has 2 aromatic heterocycles. The van der Waals surface area contributed by atoms with E-state index < -0.39 is 0 Å². The largest absolute Gasteiger partial charge is 0.378 e. The summed E-state index contributed by atoms with van der Waals surface area (Å²) in [7, 11) is 1.95. The number of morpholine rings is 1. The van der Waals surface area contributed by atoms with Gasteiger partial charge in [0.2, 0.25) is 0 Å². The van der Waals surface area contributed by atoms with Gasteiger partial charge in [0.1, 0.15) is 5.52 Å². The first kappa shape index (κ1) is 18.2. The highest BCUT2D eigenvalue weighted by Crippen LogP contribution is 2.31. The van der Waals surface area contributed by atoms with E-state index in [1.54, 1.807) is 6.33 Å². The van der Waals surface area contributed by atoms with Gasteiger partial charge in [-0.05, 0) is 25.1 Å². The number of aromatic nitrogens is 3. The molecule has 0 atom stereocenters. The van der Waals surface area contributed by atoms with Crippen molar-refractivity contribution in [3.63, 3.8) is 0 Å². The first-order valence-corrected chi connectivity index (χ1v) is 9.45. The Morgan fingerprint density at radius 2 is 1.96 bits per heavy atom. The topological polar surface area (TPSA) is 84.3 Å². The van der Waals surface area contributed by atoms with Crippen LogP contribution in [0.2, 0.25) is 0 Å². The molecule has 1 aromatic carbocycles. The van der Waals surface area contributed by atoms with Crippen LogP contribution in [0, 0.1) is 0 Å². The summed E-state index contributed by atoms with van der Waals surface area (Å²) < 4.78 is 7.43. The number of carbonyl (C=O) groups is 1. The van der Waals surface area contributed by atoms with Gasteiger partial charge in [0.15, 0.2) is 5.65 Å². The van der Waals surface area contributed by atoms with Gasteiger partial charge in [-0.25, -0.2) is 14.8 Å². The van der Waals surface area contributed by atoms with Crippen LogP contribution in [0.5, 0.6) is 0 Å². The van der Waals surface area contributed by atoms with Crippen LogP contribution in [0.25, 0.3) is 22.4 Å². The summed E-state index contributed by atoms with van der Waals surface area (Å²) in [5.41, 5.74) is 5.44. The minimum Gasteiger partial charge on any atom is -0.378 e. The quantitative estimate of drug-likeness (QED) is 0.727. The van der Waals surface area contributed by atoms with Crippen LogP contribution in [0.4, 0.5) is 16.2 Å². The maximum atomic E-state index is 11.7. The van der Waals surface area contributed by atoms with E-state index in [9.17, 15) is 4.79 Å². The molecule has 0 saturated carbocycles. The summed E-state index contributed by atoms with van der Waals surface area (Å²) in [6, 6.07) is 9.58. The Morgan fingerprint density at radius 1 is 1.21 bits per heavy atom. The number of anilines is 2. The number of ether oxygens (including phenoxy) is 1. The van der Waals surface area contributed by atoms with Crippen molar-refractivity contribution in [1.29, 1.82) is 0 Å². The molecule has 1 aliphatic heterocycles. The average Bonchev–Trinajstić information content (AvgIpc) is 3.10. The molecule has 28 heavy (non-hydrogen) atoms. The summed E-state index contributed by atoms with van der Waals surface area (Å²) in [4.78, 5) is 23.4. The molecule has 1 aliphatic rings. The van der Waals surface area contributed by atoms with Crippen molar-refractivity contribution < 1.29 is 9.53 Å². The van der Waals surface area contributed by atoms with E-state index in [1.165, 1.54) is 0 Å². The lowest BCUT2D eigenvalue weighted by atomic mass is 10.1. The molecule has 4 rings (SSSR count). The molecule has 0 bridgehead atoms. The van der Waals surface area contributed by atoms with Gasteiger partial charge in [0.25, 0.3) is 0 Å². The number of rotatable bonds is 4. The van der Waals surface area contributed by atoms with Crippen molar-refractivity contribution in [3.05, 3.63) is 36.7 Å². The lowest BCUT2D eigenvalue weighted by Gasteiger charge is -2.29. The van der Waals surface area contributed by atoms with E-state index in [4.69, 9.17) is 9.72 Å². The molecule has 8 heteroatoms. The molecule has 2 N–H and O–H groups in total. The second kappa shape index (κ2) is 7.85. The highest BCUT2D eigenvalue weighted by Gasteiger charge is 2.19. The van der Waals surface area contributed by atoms with Gasteiger partial charge in [-0.15, -0.1) is 0 Å². The third-order valence-electron chi connectivity index (χ3n) is 4.78. The number of carbonyl (C=O) groups excluding carboxylic acids is 1. The maximum absolute atomic E-state index is 11.7. The standard InChI is InChI=1S/C20H24N6O2/c1-3-21-20(27)23-15-6-4-14(5-7-15)16-12-17(26-8-10-28-11-9-26)18-19(24-16)25(2)13-22-18/h4-7,12-13H,3,8-11H2,1-2H3,(H2,21,23,27). The second-order valence-electron chi connectivity index (χ2n) is 6.72. The van der Waals surface area contributed by atoms with Crippen LogP contribution in [-0.4, -0.2) is 53.4 Å². The van der Waals surface area contributed by atoms with Gasteiger partial charge in [0.05, 0.1) is 30.9 Å². The third kappa shape index (κ3) is 3.63. The average molecular weight is 380 g/mol. The molecule has 2 amide bonds. The number of imidazole rings is 1. The van der Waals surface area contributed by atoms with Crippen LogP contribution in [0.3, 0.4) is 0 Å². The molecule has 1 saturated heterocycles. The van der Waals surface area contributed by atoms with Crippen LogP contribution in [0.15, 0.2) is 36.7 Å². The van der Waals surface area contributed by atoms with Gasteiger partial charge in [-0.2, -0.15) is 0 Å². The first-order valence-electron chi connectivity index (χ1n) is 9.45. The van der Waals surface area contributed by atoms with Crippen molar-refractivity contribution in [2.24, 2.45) is 7.05 Å². The Labute approximate surface area is 163 Å². The number of hydrogen-bond donors (Lipinski definition) is 2. The number of fused-ring (bicyclic) bond motifs is 1. The maximum Gasteiger partial charge on any atom is 0.319 e. The third-order valence-corrected chi connectivity index (χ3v) is 4.78. The Morgan fingerprint density at radius 3 is 2.68 bits per heavy atom. The predicted molar refractivity (Wildman–Crippen MR) is 110 cm³/mol. The second-order valence-corrected chi connectivity index (χ2v) is 6.72. The Balaban J connectivity index is 1.68. The first-order chi connectivity index (χ1) is 13.7. The number of nitrogens with zero attached hydrogens (tertiary/aromatic N) is 4. The fourth-order valence-corrected chi connectivity index (χ4v) is 3.33. The summed E-state index contributed by atoms with van der Waals surface area (Å²) in [6.45, 7) is 5.57. The fraction of sp³-hybridized carbons (Fsp3) is 0.350. The van der Waals surface area contributed by atoms with E-state index in [0.717, 1.165) is 46.9 Å². The zero-order valence-corrected chi connectivity index (χ0v) is 16.1.